The van der Waals surface area contributed by atoms with Crippen molar-refractivity contribution in [1.29, 1.82) is 0 Å². The number of benzene rings is 1. The fraction of sp³-hybridized carbons (Fsp3) is 0.500. The molecule has 1 fully saturated rings. The number of carbonyl (C=O) groups is 1. The maximum absolute atomic E-state index is 14.2. The van der Waals surface area contributed by atoms with Gasteiger partial charge >= 0.3 is 11.7 Å². The van der Waals surface area contributed by atoms with Crippen LogP contribution in [0.25, 0.3) is 10.9 Å². The second-order valence-corrected chi connectivity index (χ2v) is 7.64. The van der Waals surface area contributed by atoms with Crippen molar-refractivity contribution < 1.29 is 28.7 Å². The lowest BCUT2D eigenvalue weighted by Gasteiger charge is -2.24. The average Bonchev–Trinajstić information content (AvgIpc) is 3.07. The molecule has 0 radical (unpaired) electrons. The maximum atomic E-state index is 14.2. The highest BCUT2D eigenvalue weighted by Crippen LogP contribution is 2.35. The van der Waals surface area contributed by atoms with E-state index >= 15 is 0 Å². The maximum Gasteiger partial charge on any atom is 0.315 e. The van der Waals surface area contributed by atoms with Gasteiger partial charge in [0, 0.05) is 23.2 Å². The zero-order valence-electron chi connectivity index (χ0n) is 15.5. The Labute approximate surface area is 154 Å². The summed E-state index contributed by atoms with van der Waals surface area (Å²) in [5, 5.41) is 21.1. The van der Waals surface area contributed by atoms with Gasteiger partial charge in [-0.15, -0.1) is 0 Å². The summed E-state index contributed by atoms with van der Waals surface area (Å²) in [7, 11) is 0. The standard InChI is InChI=1S/C18H21FN2O6/c1-17(2,16(22)23)15-6-10-5-14(21(24)25)12(19)7-13(10)20(15)8-11-9-26-18(3,4)27-11/h5-7,11H,8-9H2,1-4H3,(H,22,23). The van der Waals surface area contributed by atoms with Crippen molar-refractivity contribution >= 4 is 22.6 Å². The Morgan fingerprint density at radius 3 is 2.63 bits per heavy atom. The van der Waals surface area contributed by atoms with E-state index in [1.165, 1.54) is 13.8 Å². The van der Waals surface area contributed by atoms with Gasteiger partial charge in [0.2, 0.25) is 5.82 Å². The lowest BCUT2D eigenvalue weighted by Crippen LogP contribution is -2.33. The van der Waals surface area contributed by atoms with E-state index in [1.54, 1.807) is 24.5 Å². The molecular weight excluding hydrogens is 359 g/mol. The van der Waals surface area contributed by atoms with Crippen molar-refractivity contribution in [3.63, 3.8) is 0 Å². The zero-order valence-corrected chi connectivity index (χ0v) is 15.5. The molecule has 0 amide bonds. The second kappa shape index (κ2) is 6.28. The zero-order chi connectivity index (χ0) is 20.1. The minimum Gasteiger partial charge on any atom is -0.481 e. The van der Waals surface area contributed by atoms with Gasteiger partial charge in [0.1, 0.15) is 11.5 Å². The molecule has 8 nitrogen and oxygen atoms in total. The Kier molecular flexibility index (Phi) is 4.47. The number of fused-ring (bicyclic) bond motifs is 1. The number of hydrogen-bond acceptors (Lipinski definition) is 5. The normalized spacial score (nSPS) is 19.5. The van der Waals surface area contributed by atoms with Gasteiger partial charge in [-0.05, 0) is 33.8 Å². The SMILES string of the molecule is CC1(C)OCC(Cn2c(C(C)(C)C(=O)O)cc3cc([N+](=O)[O-])c(F)cc32)O1. The van der Waals surface area contributed by atoms with E-state index in [-0.39, 0.29) is 12.6 Å². The minimum atomic E-state index is -1.29. The molecule has 1 atom stereocenters. The number of halogens is 1. The van der Waals surface area contributed by atoms with Gasteiger partial charge in [0.15, 0.2) is 5.79 Å². The van der Waals surface area contributed by atoms with Crippen LogP contribution in [0.2, 0.25) is 0 Å². The van der Waals surface area contributed by atoms with Gasteiger partial charge in [0.05, 0.1) is 23.6 Å². The van der Waals surface area contributed by atoms with Gasteiger partial charge in [0.25, 0.3) is 0 Å². The van der Waals surface area contributed by atoms with Crippen LogP contribution in [0.4, 0.5) is 10.1 Å². The van der Waals surface area contributed by atoms with E-state index in [0.717, 1.165) is 12.1 Å². The molecule has 2 aromatic rings. The molecular formula is C18H21FN2O6. The number of ether oxygens (including phenoxy) is 2. The van der Waals surface area contributed by atoms with Crippen molar-refractivity contribution in [3.05, 3.63) is 39.8 Å². The van der Waals surface area contributed by atoms with E-state index < -0.39 is 33.6 Å². The van der Waals surface area contributed by atoms with E-state index in [0.29, 0.717) is 23.2 Å². The molecule has 0 bridgehead atoms. The van der Waals surface area contributed by atoms with Crippen molar-refractivity contribution in [2.24, 2.45) is 0 Å². The van der Waals surface area contributed by atoms with Crippen LogP contribution in [0, 0.1) is 15.9 Å². The van der Waals surface area contributed by atoms with Crippen molar-refractivity contribution in [2.45, 2.75) is 51.5 Å². The Balaban J connectivity index is 2.17. The fourth-order valence-corrected chi connectivity index (χ4v) is 3.29. The summed E-state index contributed by atoms with van der Waals surface area (Å²) in [5.74, 6) is -2.80. The van der Waals surface area contributed by atoms with Crippen LogP contribution in [0.15, 0.2) is 18.2 Å². The molecule has 1 aromatic carbocycles. The molecule has 9 heteroatoms. The number of nitro groups is 1. The monoisotopic (exact) mass is 380 g/mol. The summed E-state index contributed by atoms with van der Waals surface area (Å²) < 4.78 is 27.2. The smallest absolute Gasteiger partial charge is 0.315 e. The van der Waals surface area contributed by atoms with E-state index in [2.05, 4.69) is 0 Å². The molecule has 0 spiro atoms. The van der Waals surface area contributed by atoms with Gasteiger partial charge in [-0.3, -0.25) is 14.9 Å². The van der Waals surface area contributed by atoms with Crippen LogP contribution >= 0.6 is 0 Å². The second-order valence-electron chi connectivity index (χ2n) is 7.64. The first-order valence-corrected chi connectivity index (χ1v) is 8.45. The molecule has 1 aromatic heterocycles. The first kappa shape index (κ1) is 19.2. The van der Waals surface area contributed by atoms with Crippen molar-refractivity contribution in [2.75, 3.05) is 6.61 Å². The predicted molar refractivity (Wildman–Crippen MR) is 94.1 cm³/mol. The quantitative estimate of drug-likeness (QED) is 0.631. The molecule has 0 saturated carbocycles. The largest absolute Gasteiger partial charge is 0.481 e. The van der Waals surface area contributed by atoms with Gasteiger partial charge in [-0.2, -0.15) is 4.39 Å². The van der Waals surface area contributed by atoms with Crippen LogP contribution in [0.3, 0.4) is 0 Å². The summed E-state index contributed by atoms with van der Waals surface area (Å²) in [4.78, 5) is 22.0. The number of aliphatic carboxylic acids is 1. The molecule has 1 saturated heterocycles. The molecule has 1 aliphatic rings. The Bertz CT molecular complexity index is 934. The lowest BCUT2D eigenvalue weighted by molar-refractivity contribution is -0.387. The number of rotatable bonds is 5. The molecule has 0 aliphatic carbocycles. The summed E-state index contributed by atoms with van der Waals surface area (Å²) >= 11 is 0. The molecule has 1 unspecified atom stereocenters. The summed E-state index contributed by atoms with van der Waals surface area (Å²) in [6.07, 6.45) is -0.364. The van der Waals surface area contributed by atoms with Crippen LogP contribution in [-0.2, 0) is 26.2 Å². The molecule has 3 rings (SSSR count). The third-order valence-corrected chi connectivity index (χ3v) is 4.80. The Morgan fingerprint density at radius 2 is 2.11 bits per heavy atom. The first-order valence-electron chi connectivity index (χ1n) is 8.45. The number of hydrogen-bond donors (Lipinski definition) is 1. The van der Waals surface area contributed by atoms with Crippen molar-refractivity contribution in [1.82, 2.24) is 4.57 Å². The number of nitro benzene ring substituents is 1. The number of aromatic nitrogens is 1. The van der Waals surface area contributed by atoms with Gasteiger partial charge in [-0.1, -0.05) is 0 Å². The fourth-order valence-electron chi connectivity index (χ4n) is 3.29. The van der Waals surface area contributed by atoms with E-state index in [4.69, 9.17) is 9.47 Å². The highest BCUT2D eigenvalue weighted by Gasteiger charge is 2.37. The van der Waals surface area contributed by atoms with Gasteiger partial charge in [-0.25, -0.2) is 0 Å². The van der Waals surface area contributed by atoms with E-state index in [1.807, 2.05) is 0 Å². The molecule has 146 valence electrons. The number of nitrogens with zero attached hydrogens (tertiary/aromatic N) is 2. The summed E-state index contributed by atoms with van der Waals surface area (Å²) in [6, 6.07) is 3.74. The van der Waals surface area contributed by atoms with Crippen LogP contribution in [0.5, 0.6) is 0 Å². The molecule has 2 heterocycles. The van der Waals surface area contributed by atoms with Crippen molar-refractivity contribution in [3.8, 4) is 0 Å². The van der Waals surface area contributed by atoms with Crippen LogP contribution in [-0.4, -0.2) is 39.1 Å². The topological polar surface area (TPSA) is 104 Å². The molecule has 1 N–H and O–H groups in total. The highest BCUT2D eigenvalue weighted by atomic mass is 19.1. The first-order chi connectivity index (χ1) is 12.4. The predicted octanol–water partition coefficient (Wildman–Crippen LogP) is 3.20. The highest BCUT2D eigenvalue weighted by molar-refractivity contribution is 5.88. The van der Waals surface area contributed by atoms with E-state index in [9.17, 15) is 24.4 Å². The third-order valence-electron chi connectivity index (χ3n) is 4.80. The summed E-state index contributed by atoms with van der Waals surface area (Å²) in [5.41, 5.74) is -1.17. The number of carboxylic acids is 1. The molecule has 1 aliphatic heterocycles. The summed E-state index contributed by atoms with van der Waals surface area (Å²) in [6.45, 7) is 7.13. The lowest BCUT2D eigenvalue weighted by atomic mass is 9.89. The Morgan fingerprint density at radius 1 is 1.44 bits per heavy atom. The molecule has 27 heavy (non-hydrogen) atoms. The van der Waals surface area contributed by atoms with Crippen LogP contribution in [0.1, 0.15) is 33.4 Å². The average molecular weight is 380 g/mol. The minimum absolute atomic E-state index is 0.232. The number of carboxylic acid groups (broad SMARTS) is 1. The van der Waals surface area contributed by atoms with Gasteiger partial charge < -0.3 is 19.1 Å². The van der Waals surface area contributed by atoms with Crippen LogP contribution < -0.4 is 0 Å². The third kappa shape index (κ3) is 3.40. The Hall–Kier alpha value is -2.52.